The van der Waals surface area contributed by atoms with Crippen molar-refractivity contribution in [2.45, 2.75) is 11.8 Å². The third-order valence-electron chi connectivity index (χ3n) is 3.32. The molecule has 23 heavy (non-hydrogen) atoms. The van der Waals surface area contributed by atoms with E-state index >= 15 is 0 Å². The number of rotatable bonds is 5. The molecule has 1 aromatic carbocycles. The lowest BCUT2D eigenvalue weighted by molar-refractivity contribution is -0.113. The van der Waals surface area contributed by atoms with Crippen LogP contribution in [0.25, 0.3) is 0 Å². The number of carbonyl (C=O) groups is 2. The van der Waals surface area contributed by atoms with Crippen molar-refractivity contribution in [3.8, 4) is 0 Å². The van der Waals surface area contributed by atoms with E-state index in [1.807, 2.05) is 37.3 Å². The fraction of sp³-hybridized carbons (Fsp3) is 0.312. The summed E-state index contributed by atoms with van der Waals surface area (Å²) < 4.78 is 1.59. The minimum absolute atomic E-state index is 0.164. The molecule has 6 nitrogen and oxygen atoms in total. The number of anilines is 1. The van der Waals surface area contributed by atoms with Gasteiger partial charge in [0.15, 0.2) is 5.69 Å². The normalized spacial score (nSPS) is 10.4. The molecule has 0 aliphatic rings. The predicted molar refractivity (Wildman–Crippen MR) is 91.8 cm³/mol. The van der Waals surface area contributed by atoms with E-state index in [4.69, 9.17) is 0 Å². The SMILES string of the molecule is Cc1c(NC(=O)CSc2ccccc2)c(C(=O)N(C)C)nn1C. The van der Waals surface area contributed by atoms with Crippen LogP contribution in [0.2, 0.25) is 0 Å². The Labute approximate surface area is 139 Å². The van der Waals surface area contributed by atoms with Crippen molar-refractivity contribution >= 4 is 29.3 Å². The summed E-state index contributed by atoms with van der Waals surface area (Å²) in [5, 5.41) is 7.02. The molecule has 1 N–H and O–H groups in total. The monoisotopic (exact) mass is 332 g/mol. The van der Waals surface area contributed by atoms with Crippen molar-refractivity contribution in [2.75, 3.05) is 25.2 Å². The number of thioether (sulfide) groups is 1. The Kier molecular flexibility index (Phi) is 5.44. The van der Waals surface area contributed by atoms with Crippen LogP contribution in [-0.4, -0.2) is 46.3 Å². The molecule has 0 saturated carbocycles. The second-order valence-electron chi connectivity index (χ2n) is 5.28. The van der Waals surface area contributed by atoms with Gasteiger partial charge in [0.05, 0.1) is 17.1 Å². The maximum atomic E-state index is 12.2. The highest BCUT2D eigenvalue weighted by Gasteiger charge is 2.22. The van der Waals surface area contributed by atoms with Gasteiger partial charge in [-0.3, -0.25) is 14.3 Å². The van der Waals surface area contributed by atoms with Gasteiger partial charge < -0.3 is 10.2 Å². The topological polar surface area (TPSA) is 67.2 Å². The molecule has 2 aromatic rings. The van der Waals surface area contributed by atoms with E-state index in [-0.39, 0.29) is 23.3 Å². The van der Waals surface area contributed by atoms with Gasteiger partial charge in [0.25, 0.3) is 5.91 Å². The van der Waals surface area contributed by atoms with Crippen LogP contribution < -0.4 is 5.32 Å². The van der Waals surface area contributed by atoms with Gasteiger partial charge in [0.1, 0.15) is 0 Å². The molecule has 0 radical (unpaired) electrons. The highest BCUT2D eigenvalue weighted by Crippen LogP contribution is 2.22. The molecular formula is C16H20N4O2S. The van der Waals surface area contributed by atoms with Crippen molar-refractivity contribution in [1.29, 1.82) is 0 Å². The fourth-order valence-electron chi connectivity index (χ4n) is 1.96. The van der Waals surface area contributed by atoms with Crippen LogP contribution in [0.5, 0.6) is 0 Å². The molecule has 0 atom stereocenters. The van der Waals surface area contributed by atoms with Gasteiger partial charge in [0.2, 0.25) is 5.91 Å². The van der Waals surface area contributed by atoms with Gasteiger partial charge in [0, 0.05) is 26.0 Å². The van der Waals surface area contributed by atoms with Crippen molar-refractivity contribution in [2.24, 2.45) is 7.05 Å². The van der Waals surface area contributed by atoms with E-state index in [9.17, 15) is 9.59 Å². The molecule has 0 aliphatic carbocycles. The van der Waals surface area contributed by atoms with Crippen molar-refractivity contribution < 1.29 is 9.59 Å². The van der Waals surface area contributed by atoms with Crippen LogP contribution in [0.4, 0.5) is 5.69 Å². The van der Waals surface area contributed by atoms with Crippen LogP contribution in [-0.2, 0) is 11.8 Å². The summed E-state index contributed by atoms with van der Waals surface area (Å²) in [7, 11) is 5.06. The first-order valence-electron chi connectivity index (χ1n) is 7.13. The Hall–Kier alpha value is -2.28. The number of carbonyl (C=O) groups excluding carboxylic acids is 2. The number of nitrogens with one attached hydrogen (secondary N) is 1. The molecule has 1 heterocycles. The second-order valence-corrected chi connectivity index (χ2v) is 6.33. The van der Waals surface area contributed by atoms with Crippen LogP contribution in [0.15, 0.2) is 35.2 Å². The lowest BCUT2D eigenvalue weighted by atomic mass is 10.2. The molecule has 0 fully saturated rings. The molecule has 0 bridgehead atoms. The number of hydrogen-bond donors (Lipinski definition) is 1. The van der Waals surface area contributed by atoms with E-state index in [1.165, 1.54) is 16.7 Å². The molecule has 2 rings (SSSR count). The zero-order valence-corrected chi connectivity index (χ0v) is 14.5. The summed E-state index contributed by atoms with van der Waals surface area (Å²) in [6.07, 6.45) is 0. The zero-order chi connectivity index (χ0) is 17.0. The van der Waals surface area contributed by atoms with Gasteiger partial charge in [-0.2, -0.15) is 5.10 Å². The lowest BCUT2D eigenvalue weighted by Crippen LogP contribution is -2.24. The fourth-order valence-corrected chi connectivity index (χ4v) is 2.68. The molecule has 0 aliphatic heterocycles. The Morgan fingerprint density at radius 1 is 1.26 bits per heavy atom. The first-order chi connectivity index (χ1) is 10.9. The maximum absolute atomic E-state index is 12.2. The summed E-state index contributed by atoms with van der Waals surface area (Å²) in [5.74, 6) is -0.129. The first kappa shape index (κ1) is 17.1. The van der Waals surface area contributed by atoms with E-state index in [2.05, 4.69) is 10.4 Å². The molecule has 7 heteroatoms. The number of amides is 2. The smallest absolute Gasteiger partial charge is 0.276 e. The second kappa shape index (κ2) is 7.32. The molecule has 0 saturated heterocycles. The number of aromatic nitrogens is 2. The highest BCUT2D eigenvalue weighted by molar-refractivity contribution is 8.00. The molecule has 0 unspecified atom stereocenters. The zero-order valence-electron chi connectivity index (χ0n) is 13.7. The predicted octanol–water partition coefficient (Wildman–Crippen LogP) is 2.16. The molecule has 1 aromatic heterocycles. The van der Waals surface area contributed by atoms with Crippen molar-refractivity contribution in [3.63, 3.8) is 0 Å². The molecule has 0 spiro atoms. The molecule has 2 amide bonds. The van der Waals surface area contributed by atoms with Crippen molar-refractivity contribution in [3.05, 3.63) is 41.7 Å². The number of nitrogens with zero attached hydrogens (tertiary/aromatic N) is 3. The van der Waals surface area contributed by atoms with Gasteiger partial charge >= 0.3 is 0 Å². The maximum Gasteiger partial charge on any atom is 0.276 e. The Morgan fingerprint density at radius 2 is 1.91 bits per heavy atom. The average molecular weight is 332 g/mol. The van der Waals surface area contributed by atoms with E-state index in [1.54, 1.807) is 25.8 Å². The number of hydrogen-bond acceptors (Lipinski definition) is 4. The molecular weight excluding hydrogens is 312 g/mol. The average Bonchev–Trinajstić information content (AvgIpc) is 2.81. The summed E-state index contributed by atoms with van der Waals surface area (Å²) in [4.78, 5) is 26.8. The lowest BCUT2D eigenvalue weighted by Gasteiger charge is -2.10. The van der Waals surface area contributed by atoms with Gasteiger partial charge in [-0.15, -0.1) is 11.8 Å². The van der Waals surface area contributed by atoms with Crippen LogP contribution in [0.1, 0.15) is 16.2 Å². The minimum Gasteiger partial charge on any atom is -0.343 e. The Balaban J connectivity index is 2.10. The van der Waals surface area contributed by atoms with Crippen LogP contribution >= 0.6 is 11.8 Å². The Bertz CT molecular complexity index is 710. The van der Waals surface area contributed by atoms with Crippen molar-refractivity contribution in [1.82, 2.24) is 14.7 Å². The Morgan fingerprint density at radius 3 is 2.52 bits per heavy atom. The summed E-state index contributed by atoms with van der Waals surface area (Å²) in [6, 6.07) is 9.70. The van der Waals surface area contributed by atoms with E-state index in [0.717, 1.165) is 10.6 Å². The summed E-state index contributed by atoms with van der Waals surface area (Å²) in [5.41, 5.74) is 1.48. The van der Waals surface area contributed by atoms with Crippen LogP contribution in [0.3, 0.4) is 0 Å². The van der Waals surface area contributed by atoms with Gasteiger partial charge in [-0.05, 0) is 19.1 Å². The standard InChI is InChI=1S/C16H20N4O2S/c1-11-14(15(18-20(11)4)16(22)19(2)3)17-13(21)10-23-12-8-6-5-7-9-12/h5-9H,10H2,1-4H3,(H,17,21). The highest BCUT2D eigenvalue weighted by atomic mass is 32.2. The minimum atomic E-state index is -0.236. The third-order valence-corrected chi connectivity index (χ3v) is 4.33. The van der Waals surface area contributed by atoms with Gasteiger partial charge in [-0.1, -0.05) is 18.2 Å². The summed E-state index contributed by atoms with van der Waals surface area (Å²) in [6.45, 7) is 1.82. The number of benzene rings is 1. The van der Waals surface area contributed by atoms with E-state index < -0.39 is 0 Å². The third kappa shape index (κ3) is 4.13. The summed E-state index contributed by atoms with van der Waals surface area (Å²) >= 11 is 1.45. The van der Waals surface area contributed by atoms with E-state index in [0.29, 0.717) is 5.69 Å². The van der Waals surface area contributed by atoms with Gasteiger partial charge in [-0.25, -0.2) is 0 Å². The number of aryl methyl sites for hydroxylation is 1. The first-order valence-corrected chi connectivity index (χ1v) is 8.11. The van der Waals surface area contributed by atoms with Crippen LogP contribution in [0, 0.1) is 6.92 Å². The largest absolute Gasteiger partial charge is 0.343 e. The molecule has 122 valence electrons. The quantitative estimate of drug-likeness (QED) is 0.852.